The maximum absolute atomic E-state index is 13.2. The molecule has 0 unspecified atom stereocenters. The molecule has 9 rings (SSSR count). The third-order valence-corrected chi connectivity index (χ3v) is 19.5. The van der Waals surface area contributed by atoms with Gasteiger partial charge in [-0.05, 0) is 13.8 Å². The quantitative estimate of drug-likeness (QED) is 0.0404. The van der Waals surface area contributed by atoms with Crippen LogP contribution in [0.4, 0.5) is 0 Å². The molecule has 9 aliphatic heterocycles. The molecule has 0 spiro atoms. The van der Waals surface area contributed by atoms with E-state index in [1.54, 1.807) is 0 Å². The minimum Gasteiger partial charge on any atom is -0.394 e. The molecule has 45 atom stereocenters. The molecule has 604 valence electrons. The Labute approximate surface area is 589 Å². The zero-order valence-corrected chi connectivity index (χ0v) is 55.9. The first-order chi connectivity index (χ1) is 49.1. The topological polar surface area (TPSA) is 721 Å². The summed E-state index contributed by atoms with van der Waals surface area (Å²) in [6.07, 6.45) is -84.4. The van der Waals surface area contributed by atoms with Crippen LogP contribution in [-0.4, -0.2) is 462 Å². The number of aliphatic hydroxyl groups is 25. The molecule has 104 heavy (non-hydrogen) atoms. The van der Waals surface area contributed by atoms with Crippen LogP contribution in [0.2, 0.25) is 0 Å². The van der Waals surface area contributed by atoms with Gasteiger partial charge in [-0.1, -0.05) is 0 Å². The van der Waals surface area contributed by atoms with Crippen LogP contribution < -0.4 is 10.6 Å². The van der Waals surface area contributed by atoms with Gasteiger partial charge >= 0.3 is 0 Å². The molecule has 0 aromatic carbocycles. The number of carbonyl (C=O) groups is 2. The Morgan fingerprint density at radius 1 is 0.269 bits per heavy atom. The van der Waals surface area contributed by atoms with Crippen LogP contribution in [-0.2, 0) is 90.1 Å². The van der Waals surface area contributed by atoms with Crippen molar-refractivity contribution in [2.45, 2.75) is 304 Å². The van der Waals surface area contributed by atoms with E-state index in [1.165, 1.54) is 13.8 Å². The highest BCUT2D eigenvalue weighted by molar-refractivity contribution is 5.73. The first-order valence-electron chi connectivity index (χ1n) is 33.4. The molecule has 9 fully saturated rings. The second-order valence-corrected chi connectivity index (χ2v) is 26.7. The van der Waals surface area contributed by atoms with E-state index in [9.17, 15) is 137 Å². The highest BCUT2D eigenvalue weighted by atomic mass is 16.8. The standard InChI is InChI=1S/C58H98N2O44/c1-12-25(68)34(77)40(83)54(90-12)101-46-26(69)13(2)91-56(43(46)86)104-48-37(80)28(71)17(6-62)96-57(48)100-45-24(60-15(4)67)52(94-20(9-65)32(45)75)99-44-23(59-14(3)66)51(93-19(8-64)31(44)74)88-10-21-30(73)36(79)41(84)55(98-21)103-49-38(81)29(72)18(7-63)97-58(49)102-47-33(76)22(92-50(87)42(47)85)11-89-53-39(82)35(78)27(70)16(5-61)95-53/h12-13,16-58,61-65,68-87H,5-11H2,1-4H3,(H,59,66)(H,60,67)/t12-,13-,16+,17+,18+,19+,20+,21+,22+,23+,24+,25-,26-,27-,28-,29+,30+,31+,32+,33+,34+,35-,36-,37-,38-,39+,40+,41+,42+,43+,44+,45+,46+,47-,48+,49+,50-,51+,52+,53-,54-,55+,56-,57+,58+/m0/s1. The first kappa shape index (κ1) is 85.3. The number of aliphatic hydroxyl groups excluding tert-OH is 25. The molecule has 27 N–H and O–H groups in total. The number of carbonyl (C=O) groups excluding carboxylic acids is 2. The van der Waals surface area contributed by atoms with Crippen molar-refractivity contribution < 1.29 is 218 Å². The Kier molecular flexibility index (Phi) is 30.0. The lowest BCUT2D eigenvalue weighted by atomic mass is 9.93. The molecule has 46 heteroatoms. The van der Waals surface area contributed by atoms with Gasteiger partial charge in [-0.15, -0.1) is 0 Å². The predicted octanol–water partition coefficient (Wildman–Crippen LogP) is -18.3. The summed E-state index contributed by atoms with van der Waals surface area (Å²) in [5, 5.41) is 278. The van der Waals surface area contributed by atoms with Gasteiger partial charge in [0.1, 0.15) is 207 Å². The molecule has 46 nitrogen and oxygen atoms in total. The number of ether oxygens (including phenoxy) is 17. The summed E-state index contributed by atoms with van der Waals surface area (Å²) < 4.78 is 98.6. The molecule has 9 aliphatic rings. The van der Waals surface area contributed by atoms with Crippen LogP contribution in [0.1, 0.15) is 27.7 Å². The third kappa shape index (κ3) is 18.2. The number of amides is 2. The van der Waals surface area contributed by atoms with Crippen molar-refractivity contribution >= 4 is 11.8 Å². The second-order valence-electron chi connectivity index (χ2n) is 26.7. The summed E-state index contributed by atoms with van der Waals surface area (Å²) in [5.41, 5.74) is 0. The van der Waals surface area contributed by atoms with E-state index in [0.717, 1.165) is 13.8 Å². The fraction of sp³-hybridized carbons (Fsp3) is 0.966. The molecule has 2 amide bonds. The van der Waals surface area contributed by atoms with E-state index in [-0.39, 0.29) is 0 Å². The number of rotatable bonds is 25. The minimum atomic E-state index is -2.32. The van der Waals surface area contributed by atoms with E-state index in [4.69, 9.17) is 80.5 Å². The maximum atomic E-state index is 13.2. The Bertz CT molecular complexity index is 2680. The lowest BCUT2D eigenvalue weighted by molar-refractivity contribution is -0.393. The van der Waals surface area contributed by atoms with Gasteiger partial charge in [0.05, 0.1) is 58.5 Å². The van der Waals surface area contributed by atoms with Gasteiger partial charge in [-0.3, -0.25) is 9.59 Å². The van der Waals surface area contributed by atoms with Gasteiger partial charge in [-0.2, -0.15) is 0 Å². The van der Waals surface area contributed by atoms with Gasteiger partial charge in [0.25, 0.3) is 0 Å². The van der Waals surface area contributed by atoms with Crippen molar-refractivity contribution in [3.63, 3.8) is 0 Å². The Hall–Kier alpha value is -2.74. The molecule has 0 aromatic heterocycles. The van der Waals surface area contributed by atoms with Crippen LogP contribution in [0.3, 0.4) is 0 Å². The third-order valence-electron chi connectivity index (χ3n) is 19.5. The highest BCUT2D eigenvalue weighted by Crippen LogP contribution is 2.39. The smallest absolute Gasteiger partial charge is 0.217 e. The molecule has 0 aromatic rings. The Morgan fingerprint density at radius 2 is 0.567 bits per heavy atom. The van der Waals surface area contributed by atoms with Gasteiger partial charge in [-0.25, -0.2) is 0 Å². The summed E-state index contributed by atoms with van der Waals surface area (Å²) in [6, 6.07) is -3.76. The van der Waals surface area contributed by atoms with Crippen molar-refractivity contribution in [3.05, 3.63) is 0 Å². The number of nitrogens with one attached hydrogen (secondary N) is 2. The summed E-state index contributed by atoms with van der Waals surface area (Å²) >= 11 is 0. The van der Waals surface area contributed by atoms with E-state index in [1.807, 2.05) is 0 Å². The van der Waals surface area contributed by atoms with E-state index in [2.05, 4.69) is 10.6 Å². The fourth-order valence-corrected chi connectivity index (χ4v) is 13.4. The predicted molar refractivity (Wildman–Crippen MR) is 317 cm³/mol. The van der Waals surface area contributed by atoms with Crippen LogP contribution in [0, 0.1) is 0 Å². The SMILES string of the molecule is CC(=O)N[C@H]1[C@H](OC[C@H]2O[C@H](O[C@H]3[C@@H](O[C@@H]4[C@@H](O)[C@@H](O)O[C@H](CO[C@H]5O[C@H](CO)[C@H](O)[C@H](O)[C@H]5O)[C@H]4O)O[C@H](CO)[C@@H](O)[C@@H]3O)[C@H](O)[C@@H](O)[C@@H]2O)O[C@H](CO)[C@@H](O)[C@@H]1O[C@H]1O[C@H](CO)[C@@H](O)[C@H](O[C@H]2O[C@H](CO)[C@H](O)[C@H](O)[C@H]2O[C@@H]2O[C@@H](C)[C@H](O)[C@@H](O[C@@H]3O[C@@H](C)[C@H](O)[C@@H](O)[C@H]3O)[C@H]2O)[C@H]1NC(C)=O. The van der Waals surface area contributed by atoms with E-state index >= 15 is 0 Å². The number of hydrogen-bond acceptors (Lipinski definition) is 44. The molecule has 0 bridgehead atoms. The average molecular weight is 1530 g/mol. The van der Waals surface area contributed by atoms with Crippen molar-refractivity contribution in [1.29, 1.82) is 0 Å². The van der Waals surface area contributed by atoms with Crippen molar-refractivity contribution in [1.82, 2.24) is 10.6 Å². The molecular weight excluding hydrogens is 1430 g/mol. The van der Waals surface area contributed by atoms with Crippen molar-refractivity contribution in [2.75, 3.05) is 46.2 Å². The largest absolute Gasteiger partial charge is 0.394 e. The lowest BCUT2D eigenvalue weighted by Gasteiger charge is -2.51. The number of hydrogen-bond donors (Lipinski definition) is 27. The van der Waals surface area contributed by atoms with Gasteiger partial charge < -0.3 is 219 Å². The van der Waals surface area contributed by atoms with Crippen molar-refractivity contribution in [2.24, 2.45) is 0 Å². The van der Waals surface area contributed by atoms with E-state index in [0.29, 0.717) is 0 Å². The maximum Gasteiger partial charge on any atom is 0.217 e. The second kappa shape index (κ2) is 36.6. The summed E-state index contributed by atoms with van der Waals surface area (Å²) in [7, 11) is 0. The minimum absolute atomic E-state index is 0.852. The van der Waals surface area contributed by atoms with Gasteiger partial charge in [0, 0.05) is 13.8 Å². The van der Waals surface area contributed by atoms with Crippen LogP contribution in [0.25, 0.3) is 0 Å². The summed E-state index contributed by atoms with van der Waals surface area (Å²) in [5.74, 6) is -1.86. The zero-order chi connectivity index (χ0) is 76.5. The molecule has 9 heterocycles. The molecule has 9 saturated heterocycles. The zero-order valence-electron chi connectivity index (χ0n) is 55.9. The van der Waals surface area contributed by atoms with E-state index < -0.39 is 334 Å². The Morgan fingerprint density at radius 3 is 1.05 bits per heavy atom. The molecule has 0 saturated carbocycles. The lowest BCUT2D eigenvalue weighted by Crippen LogP contribution is -2.71. The van der Waals surface area contributed by atoms with Gasteiger partial charge in [0.2, 0.25) is 11.8 Å². The van der Waals surface area contributed by atoms with Crippen LogP contribution in [0.15, 0.2) is 0 Å². The molecular formula is C58H98N2O44. The summed E-state index contributed by atoms with van der Waals surface area (Å²) in [4.78, 5) is 26.3. The fourth-order valence-electron chi connectivity index (χ4n) is 13.4. The normalized spacial score (nSPS) is 51.9. The first-order valence-corrected chi connectivity index (χ1v) is 33.4. The monoisotopic (exact) mass is 1530 g/mol. The summed E-state index contributed by atoms with van der Waals surface area (Å²) in [6.45, 7) is -2.51. The van der Waals surface area contributed by atoms with Gasteiger partial charge in [0.15, 0.2) is 56.6 Å². The van der Waals surface area contributed by atoms with Crippen LogP contribution in [0.5, 0.6) is 0 Å². The molecule has 0 aliphatic carbocycles. The Balaban J connectivity index is 0.927. The van der Waals surface area contributed by atoms with Crippen LogP contribution >= 0.6 is 0 Å². The average Bonchev–Trinajstić information content (AvgIpc) is 0.773. The van der Waals surface area contributed by atoms with Crippen molar-refractivity contribution in [3.8, 4) is 0 Å². The highest BCUT2D eigenvalue weighted by Gasteiger charge is 2.60. The molecule has 0 radical (unpaired) electrons.